The van der Waals surface area contributed by atoms with Crippen molar-refractivity contribution in [3.05, 3.63) is 21.9 Å². The molecule has 0 aromatic carbocycles. The highest BCUT2D eigenvalue weighted by molar-refractivity contribution is 7.08. The second-order valence-corrected chi connectivity index (χ2v) is 5.15. The van der Waals surface area contributed by atoms with Crippen LogP contribution in [0.5, 0.6) is 0 Å². The van der Waals surface area contributed by atoms with E-state index in [1.54, 1.807) is 6.92 Å². The molecule has 1 aromatic heterocycles. The molecule has 0 radical (unpaired) electrons. The molecule has 1 aliphatic heterocycles. The van der Waals surface area contributed by atoms with Crippen molar-refractivity contribution in [2.45, 2.75) is 37.6 Å². The van der Waals surface area contributed by atoms with Gasteiger partial charge < -0.3 is 9.84 Å². The van der Waals surface area contributed by atoms with Gasteiger partial charge in [0.2, 0.25) is 0 Å². The predicted octanol–water partition coefficient (Wildman–Crippen LogP) is 3.37. The van der Waals surface area contributed by atoms with E-state index in [2.05, 4.69) is 0 Å². The van der Waals surface area contributed by atoms with E-state index < -0.39 is 23.4 Å². The lowest BCUT2D eigenvalue weighted by atomic mass is 9.90. The van der Waals surface area contributed by atoms with Crippen LogP contribution in [0.4, 0.5) is 13.2 Å². The summed E-state index contributed by atoms with van der Waals surface area (Å²) in [6, 6.07) is 0. The van der Waals surface area contributed by atoms with E-state index in [-0.39, 0.29) is 5.56 Å². The summed E-state index contributed by atoms with van der Waals surface area (Å²) < 4.78 is 43.5. The van der Waals surface area contributed by atoms with Crippen LogP contribution in [-0.2, 0) is 10.9 Å². The van der Waals surface area contributed by atoms with Gasteiger partial charge in [-0.2, -0.15) is 24.5 Å². The minimum atomic E-state index is -4.43. The maximum absolute atomic E-state index is 12.7. The van der Waals surface area contributed by atoms with E-state index in [0.29, 0.717) is 13.0 Å². The average Bonchev–Trinajstić information content (AvgIpc) is 2.83. The molecule has 2 rings (SSSR count). The number of halogens is 3. The summed E-state index contributed by atoms with van der Waals surface area (Å²) in [4.78, 5) is 0. The van der Waals surface area contributed by atoms with Gasteiger partial charge in [0.05, 0.1) is 11.2 Å². The standard InChI is InChI=1S/C11H13F3O2S/c1-10(3-2-4-16-10)9(15)7-5-17-6-8(7)11(12,13)14/h5-6,9,15H,2-4H2,1H3. The summed E-state index contributed by atoms with van der Waals surface area (Å²) in [5.74, 6) is 0. The molecular weight excluding hydrogens is 253 g/mol. The van der Waals surface area contributed by atoms with Gasteiger partial charge in [0.25, 0.3) is 0 Å². The smallest absolute Gasteiger partial charge is 0.385 e. The van der Waals surface area contributed by atoms with Crippen molar-refractivity contribution in [1.82, 2.24) is 0 Å². The first kappa shape index (κ1) is 12.9. The van der Waals surface area contributed by atoms with Crippen molar-refractivity contribution < 1.29 is 23.0 Å². The van der Waals surface area contributed by atoms with Crippen molar-refractivity contribution in [3.63, 3.8) is 0 Å². The third kappa shape index (κ3) is 2.34. The van der Waals surface area contributed by atoms with Crippen LogP contribution in [0.1, 0.15) is 37.0 Å². The highest BCUT2D eigenvalue weighted by atomic mass is 32.1. The Labute approximate surface area is 101 Å². The maximum Gasteiger partial charge on any atom is 0.417 e. The molecule has 1 saturated heterocycles. The van der Waals surface area contributed by atoms with Gasteiger partial charge >= 0.3 is 6.18 Å². The zero-order chi connectivity index (χ0) is 12.7. The van der Waals surface area contributed by atoms with Gasteiger partial charge in [-0.15, -0.1) is 0 Å². The summed E-state index contributed by atoms with van der Waals surface area (Å²) in [5, 5.41) is 12.5. The SMILES string of the molecule is CC1(C(O)c2cscc2C(F)(F)F)CCCO1. The summed E-state index contributed by atoms with van der Waals surface area (Å²) in [6.07, 6.45) is -4.32. The monoisotopic (exact) mass is 266 g/mol. The molecule has 1 aliphatic rings. The lowest BCUT2D eigenvalue weighted by molar-refractivity contribution is -0.141. The Morgan fingerprint density at radius 3 is 2.71 bits per heavy atom. The van der Waals surface area contributed by atoms with E-state index in [4.69, 9.17) is 4.74 Å². The van der Waals surface area contributed by atoms with Crippen LogP contribution in [0.2, 0.25) is 0 Å². The predicted molar refractivity (Wildman–Crippen MR) is 57.9 cm³/mol. The van der Waals surface area contributed by atoms with E-state index in [1.807, 2.05) is 0 Å². The Bertz CT molecular complexity index is 394. The summed E-state index contributed by atoms with van der Waals surface area (Å²) in [6.45, 7) is 2.14. The van der Waals surface area contributed by atoms with Crippen LogP contribution in [0.15, 0.2) is 10.8 Å². The first-order valence-electron chi connectivity index (χ1n) is 5.30. The van der Waals surface area contributed by atoms with Crippen LogP contribution >= 0.6 is 11.3 Å². The maximum atomic E-state index is 12.7. The topological polar surface area (TPSA) is 29.5 Å². The number of rotatable bonds is 2. The van der Waals surface area contributed by atoms with E-state index >= 15 is 0 Å². The van der Waals surface area contributed by atoms with Crippen molar-refractivity contribution >= 4 is 11.3 Å². The van der Waals surface area contributed by atoms with Gasteiger partial charge in [-0.05, 0) is 25.1 Å². The molecule has 0 amide bonds. The van der Waals surface area contributed by atoms with E-state index in [1.165, 1.54) is 5.38 Å². The quantitative estimate of drug-likeness (QED) is 0.889. The van der Waals surface area contributed by atoms with Gasteiger partial charge in [0.1, 0.15) is 6.10 Å². The number of hydrogen-bond acceptors (Lipinski definition) is 3. The Morgan fingerprint density at radius 1 is 1.47 bits per heavy atom. The number of aliphatic hydroxyl groups is 1. The molecule has 2 atom stereocenters. The lowest BCUT2D eigenvalue weighted by Gasteiger charge is -2.29. The van der Waals surface area contributed by atoms with Crippen molar-refractivity contribution in [2.75, 3.05) is 6.61 Å². The molecule has 96 valence electrons. The number of thiophene rings is 1. The Kier molecular flexibility index (Phi) is 3.22. The van der Waals surface area contributed by atoms with Gasteiger partial charge in [-0.25, -0.2) is 0 Å². The van der Waals surface area contributed by atoms with E-state index in [0.717, 1.165) is 23.1 Å². The molecule has 0 aliphatic carbocycles. The second kappa shape index (κ2) is 4.26. The first-order valence-corrected chi connectivity index (χ1v) is 6.24. The Balaban J connectivity index is 2.31. The van der Waals surface area contributed by atoms with Crippen LogP contribution < -0.4 is 0 Å². The summed E-state index contributed by atoms with van der Waals surface area (Å²) in [7, 11) is 0. The highest BCUT2D eigenvalue weighted by Crippen LogP contribution is 2.43. The third-order valence-corrected chi connectivity index (χ3v) is 3.88. The molecule has 1 N–H and O–H groups in total. The molecule has 6 heteroatoms. The summed E-state index contributed by atoms with van der Waals surface area (Å²) >= 11 is 0.943. The highest BCUT2D eigenvalue weighted by Gasteiger charge is 2.43. The minimum absolute atomic E-state index is 0.0769. The van der Waals surface area contributed by atoms with Crippen LogP contribution in [0.3, 0.4) is 0 Å². The first-order chi connectivity index (χ1) is 7.84. The van der Waals surface area contributed by atoms with E-state index in [9.17, 15) is 18.3 Å². The molecule has 0 saturated carbocycles. The minimum Gasteiger partial charge on any atom is -0.385 e. The summed E-state index contributed by atoms with van der Waals surface area (Å²) in [5.41, 5.74) is -1.74. The molecule has 0 bridgehead atoms. The van der Waals surface area contributed by atoms with Crippen molar-refractivity contribution in [2.24, 2.45) is 0 Å². The molecule has 17 heavy (non-hydrogen) atoms. The number of aliphatic hydroxyl groups excluding tert-OH is 1. The molecule has 2 unspecified atom stereocenters. The van der Waals surface area contributed by atoms with Gasteiger partial charge in [-0.3, -0.25) is 0 Å². The van der Waals surface area contributed by atoms with Crippen molar-refractivity contribution in [3.8, 4) is 0 Å². The fourth-order valence-electron chi connectivity index (χ4n) is 2.09. The lowest BCUT2D eigenvalue weighted by Crippen LogP contribution is -2.32. The molecule has 2 heterocycles. The van der Waals surface area contributed by atoms with Crippen molar-refractivity contribution in [1.29, 1.82) is 0 Å². The van der Waals surface area contributed by atoms with Crippen LogP contribution in [-0.4, -0.2) is 17.3 Å². The average molecular weight is 266 g/mol. The number of hydrogen-bond donors (Lipinski definition) is 1. The van der Waals surface area contributed by atoms with Crippen LogP contribution in [0.25, 0.3) is 0 Å². The zero-order valence-electron chi connectivity index (χ0n) is 9.25. The fourth-order valence-corrected chi connectivity index (χ4v) is 2.97. The molecular formula is C11H13F3O2S. The fraction of sp³-hybridized carbons (Fsp3) is 0.636. The molecule has 1 aromatic rings. The Morgan fingerprint density at radius 2 is 2.18 bits per heavy atom. The Hall–Kier alpha value is -0.590. The van der Waals surface area contributed by atoms with Gasteiger partial charge in [-0.1, -0.05) is 0 Å². The third-order valence-electron chi connectivity index (χ3n) is 3.12. The largest absolute Gasteiger partial charge is 0.417 e. The van der Waals surface area contributed by atoms with Gasteiger partial charge in [0, 0.05) is 17.6 Å². The van der Waals surface area contributed by atoms with Gasteiger partial charge in [0.15, 0.2) is 0 Å². The molecule has 0 spiro atoms. The van der Waals surface area contributed by atoms with Crippen LogP contribution in [0, 0.1) is 0 Å². The number of alkyl halides is 3. The second-order valence-electron chi connectivity index (χ2n) is 4.41. The number of ether oxygens (including phenoxy) is 1. The molecule has 2 nitrogen and oxygen atoms in total. The normalized spacial score (nSPS) is 27.4. The zero-order valence-corrected chi connectivity index (χ0v) is 10.1. The molecule has 1 fully saturated rings.